The van der Waals surface area contributed by atoms with Crippen molar-refractivity contribution in [1.82, 2.24) is 25.1 Å². The molecule has 9 heteroatoms. The molecule has 0 radical (unpaired) electrons. The van der Waals surface area contributed by atoms with E-state index in [4.69, 9.17) is 0 Å². The summed E-state index contributed by atoms with van der Waals surface area (Å²) >= 11 is 0. The van der Waals surface area contributed by atoms with Crippen LogP contribution >= 0.6 is 24.8 Å². The zero-order valence-electron chi connectivity index (χ0n) is 12.7. The van der Waals surface area contributed by atoms with Gasteiger partial charge in [0.1, 0.15) is 12.7 Å². The zero-order chi connectivity index (χ0) is 14.7. The number of halogens is 2. The van der Waals surface area contributed by atoms with Gasteiger partial charge in [-0.25, -0.2) is 14.6 Å². The fraction of sp³-hybridized carbons (Fsp3) is 0.429. The Balaban J connectivity index is 0.00000132. The van der Waals surface area contributed by atoms with Crippen LogP contribution in [-0.2, 0) is 4.79 Å². The van der Waals surface area contributed by atoms with Crippen molar-refractivity contribution < 1.29 is 4.79 Å². The van der Waals surface area contributed by atoms with Crippen molar-refractivity contribution in [3.63, 3.8) is 0 Å². The molecule has 0 aliphatic carbocycles. The number of carbonyl (C=O) groups excluding carboxylic acids is 1. The van der Waals surface area contributed by atoms with Crippen LogP contribution in [0.2, 0.25) is 0 Å². The van der Waals surface area contributed by atoms with Gasteiger partial charge in [0, 0.05) is 0 Å². The second-order valence-corrected chi connectivity index (χ2v) is 5.17. The highest BCUT2D eigenvalue weighted by Gasteiger charge is 2.39. The van der Waals surface area contributed by atoms with E-state index in [1.807, 2.05) is 13.0 Å². The maximum atomic E-state index is 12.5. The van der Waals surface area contributed by atoms with Crippen LogP contribution < -0.4 is 10.6 Å². The minimum Gasteiger partial charge on any atom is -0.323 e. The number of carbonyl (C=O) groups is 1. The highest BCUT2D eigenvalue weighted by molar-refractivity contribution is 5.98. The molecule has 23 heavy (non-hydrogen) atoms. The molecule has 126 valence electrons. The van der Waals surface area contributed by atoms with Gasteiger partial charge in [0.25, 0.3) is 0 Å². The highest BCUT2D eigenvalue weighted by atomic mass is 35.5. The Morgan fingerprint density at radius 1 is 1.43 bits per heavy atom. The Morgan fingerprint density at radius 3 is 2.78 bits per heavy atom. The third-order valence-electron chi connectivity index (χ3n) is 3.94. The van der Waals surface area contributed by atoms with Gasteiger partial charge >= 0.3 is 0 Å². The van der Waals surface area contributed by atoms with Crippen molar-refractivity contribution in [2.24, 2.45) is 0 Å². The minimum absolute atomic E-state index is 0. The number of nitrogens with one attached hydrogen (secondary N) is 2. The second kappa shape index (κ2) is 8.24. The second-order valence-electron chi connectivity index (χ2n) is 5.17. The normalized spacial score (nSPS) is 19.5. The SMILES string of the molecule is CCC1(C(=O)Nc2ccc(-n3cncn3)nc2)CCCN1.Cl.Cl. The van der Waals surface area contributed by atoms with Crippen molar-refractivity contribution in [2.75, 3.05) is 11.9 Å². The fourth-order valence-electron chi connectivity index (χ4n) is 2.64. The number of amides is 1. The van der Waals surface area contributed by atoms with E-state index in [9.17, 15) is 4.79 Å². The Labute approximate surface area is 147 Å². The quantitative estimate of drug-likeness (QED) is 0.872. The lowest BCUT2D eigenvalue weighted by Crippen LogP contribution is -2.50. The molecule has 1 unspecified atom stereocenters. The molecule has 0 spiro atoms. The number of rotatable bonds is 4. The molecule has 7 nitrogen and oxygen atoms in total. The number of anilines is 1. The van der Waals surface area contributed by atoms with Gasteiger partial charge in [-0.1, -0.05) is 6.92 Å². The predicted molar refractivity (Wildman–Crippen MR) is 92.5 cm³/mol. The Morgan fingerprint density at radius 2 is 2.26 bits per heavy atom. The molecule has 0 bridgehead atoms. The van der Waals surface area contributed by atoms with Crippen molar-refractivity contribution in [1.29, 1.82) is 0 Å². The van der Waals surface area contributed by atoms with E-state index >= 15 is 0 Å². The summed E-state index contributed by atoms with van der Waals surface area (Å²) in [6, 6.07) is 3.62. The van der Waals surface area contributed by atoms with E-state index in [1.54, 1.807) is 23.3 Å². The molecular formula is C14H20Cl2N6O. The average molecular weight is 359 g/mol. The Bertz CT molecular complexity index is 611. The molecule has 3 rings (SSSR count). The first-order valence-electron chi connectivity index (χ1n) is 7.11. The van der Waals surface area contributed by atoms with Crippen molar-refractivity contribution in [3.05, 3.63) is 31.0 Å². The van der Waals surface area contributed by atoms with Crippen molar-refractivity contribution in [2.45, 2.75) is 31.7 Å². The van der Waals surface area contributed by atoms with Gasteiger partial charge in [-0.05, 0) is 37.9 Å². The molecule has 1 atom stereocenters. The van der Waals surface area contributed by atoms with Crippen molar-refractivity contribution >= 4 is 36.4 Å². The highest BCUT2D eigenvalue weighted by Crippen LogP contribution is 2.24. The predicted octanol–water partition coefficient (Wildman–Crippen LogP) is 1.98. The topological polar surface area (TPSA) is 84.7 Å². The third kappa shape index (κ3) is 3.99. The molecule has 1 amide bonds. The standard InChI is InChI=1S/C14H18N6O.2ClH/c1-2-14(6-3-7-17-14)13(21)19-11-4-5-12(16-8-11)20-10-15-9-18-20;;/h4-5,8-10,17H,2-3,6-7H2,1H3,(H,19,21);2*1H. The first-order valence-corrected chi connectivity index (χ1v) is 7.11. The lowest BCUT2D eigenvalue weighted by Gasteiger charge is -2.26. The molecule has 1 aliphatic heterocycles. The smallest absolute Gasteiger partial charge is 0.244 e. The maximum Gasteiger partial charge on any atom is 0.244 e. The summed E-state index contributed by atoms with van der Waals surface area (Å²) < 4.78 is 1.57. The monoisotopic (exact) mass is 358 g/mol. The molecule has 0 aromatic carbocycles. The maximum absolute atomic E-state index is 12.5. The summed E-state index contributed by atoms with van der Waals surface area (Å²) in [5.74, 6) is 0.674. The van der Waals surface area contributed by atoms with Crippen LogP contribution in [-0.4, -0.2) is 37.7 Å². The van der Waals surface area contributed by atoms with Gasteiger partial charge in [0.05, 0.1) is 17.4 Å². The zero-order valence-corrected chi connectivity index (χ0v) is 14.4. The number of hydrogen-bond donors (Lipinski definition) is 2. The molecule has 0 saturated carbocycles. The molecule has 2 aromatic rings. The van der Waals surface area contributed by atoms with Gasteiger partial charge in [-0.15, -0.1) is 24.8 Å². The third-order valence-corrected chi connectivity index (χ3v) is 3.94. The van der Waals surface area contributed by atoms with Crippen LogP contribution in [0.3, 0.4) is 0 Å². The van der Waals surface area contributed by atoms with Gasteiger partial charge in [0.15, 0.2) is 5.82 Å². The summed E-state index contributed by atoms with van der Waals surface area (Å²) in [4.78, 5) is 20.6. The number of pyridine rings is 1. The van der Waals surface area contributed by atoms with Gasteiger partial charge < -0.3 is 10.6 Å². The first-order chi connectivity index (χ1) is 10.2. The van der Waals surface area contributed by atoms with Crippen molar-refractivity contribution in [3.8, 4) is 5.82 Å². The van der Waals surface area contributed by atoms with E-state index in [0.717, 1.165) is 25.8 Å². The number of nitrogens with zero attached hydrogens (tertiary/aromatic N) is 4. The minimum atomic E-state index is -0.440. The fourth-order valence-corrected chi connectivity index (χ4v) is 2.64. The molecule has 3 heterocycles. The Kier molecular flexibility index (Phi) is 6.93. The van der Waals surface area contributed by atoms with Gasteiger partial charge in [0.2, 0.25) is 5.91 Å². The summed E-state index contributed by atoms with van der Waals surface area (Å²) in [5, 5.41) is 10.3. The van der Waals surface area contributed by atoms with E-state index in [2.05, 4.69) is 25.7 Å². The summed E-state index contributed by atoms with van der Waals surface area (Å²) in [5.41, 5.74) is 0.246. The molecule has 2 aromatic heterocycles. The molecule has 1 saturated heterocycles. The summed E-state index contributed by atoms with van der Waals surface area (Å²) in [6.07, 6.45) is 7.35. The van der Waals surface area contributed by atoms with E-state index < -0.39 is 5.54 Å². The molecule has 2 N–H and O–H groups in total. The van der Waals surface area contributed by atoms with Gasteiger partial charge in [-0.2, -0.15) is 5.10 Å². The van der Waals surface area contributed by atoms with Gasteiger partial charge in [-0.3, -0.25) is 4.79 Å². The van der Waals surface area contributed by atoms with Crippen LogP contribution in [0.1, 0.15) is 26.2 Å². The van der Waals surface area contributed by atoms with Crippen LogP contribution in [0.15, 0.2) is 31.0 Å². The largest absolute Gasteiger partial charge is 0.323 e. The van der Waals surface area contributed by atoms with Crippen LogP contribution in [0.4, 0.5) is 5.69 Å². The summed E-state index contributed by atoms with van der Waals surface area (Å²) in [7, 11) is 0. The molecule has 1 aliphatic rings. The van der Waals surface area contributed by atoms with Crippen LogP contribution in [0, 0.1) is 0 Å². The first kappa shape index (κ1) is 19.3. The summed E-state index contributed by atoms with van der Waals surface area (Å²) in [6.45, 7) is 2.93. The van der Waals surface area contributed by atoms with E-state index in [0.29, 0.717) is 11.5 Å². The molecular weight excluding hydrogens is 339 g/mol. The Hall–Kier alpha value is -1.70. The average Bonchev–Trinajstić information content (AvgIpc) is 3.20. The van der Waals surface area contributed by atoms with Crippen LogP contribution in [0.5, 0.6) is 0 Å². The lowest BCUT2D eigenvalue weighted by atomic mass is 9.93. The number of hydrogen-bond acceptors (Lipinski definition) is 5. The lowest BCUT2D eigenvalue weighted by molar-refractivity contribution is -0.122. The van der Waals surface area contributed by atoms with Crippen LogP contribution in [0.25, 0.3) is 5.82 Å². The molecule has 1 fully saturated rings. The van der Waals surface area contributed by atoms with E-state index in [1.165, 1.54) is 6.33 Å². The number of aromatic nitrogens is 4. The van der Waals surface area contributed by atoms with E-state index in [-0.39, 0.29) is 30.7 Å².